The van der Waals surface area contributed by atoms with E-state index in [1.807, 2.05) is 0 Å². The number of aromatic hydroxyl groups is 2. The molecule has 30 nitrogen and oxygen atoms in total. The minimum absolute atomic E-state index is 0.0303. The first-order valence-corrected chi connectivity index (χ1v) is 28.5. The predicted octanol–water partition coefficient (Wildman–Crippen LogP) is 0.589. The number of benzene rings is 1. The van der Waals surface area contributed by atoms with Gasteiger partial charge in [0.25, 0.3) is 23.6 Å². The number of carboxylic acid groups (broad SMARTS) is 5. The molecule has 4 aliphatic rings. The number of carboxylic acids is 5. The molecule has 7 rings (SSSR count). The first-order valence-electron chi connectivity index (χ1n) is 24.3. The van der Waals surface area contributed by atoms with Crippen LogP contribution in [0.25, 0.3) is 0 Å². The van der Waals surface area contributed by atoms with Crippen LogP contribution in [0.4, 0.5) is 10.3 Å². The number of oxime groups is 2. The van der Waals surface area contributed by atoms with E-state index in [1.54, 1.807) is 0 Å². The van der Waals surface area contributed by atoms with Gasteiger partial charge in [0.15, 0.2) is 39.2 Å². The van der Waals surface area contributed by atoms with E-state index in [2.05, 4.69) is 41.5 Å². The van der Waals surface area contributed by atoms with Crippen molar-refractivity contribution in [3.8, 4) is 11.5 Å². The van der Waals surface area contributed by atoms with Crippen LogP contribution in [0.5, 0.6) is 11.5 Å². The number of carbonyl (C=O) groups excluding carboxylic acids is 4. The van der Waals surface area contributed by atoms with Crippen molar-refractivity contribution < 1.29 is 93.1 Å². The minimum atomic E-state index is -2.07. The molecule has 3 aromatic rings. The molecule has 0 spiro atoms. The molecular weight excluding hydrogens is 1180 g/mol. The normalized spacial score (nSPS) is 19.5. The topological polar surface area (TPSA) is 468 Å². The maximum Gasteiger partial charge on any atom is 0.352 e. The summed E-state index contributed by atoms with van der Waals surface area (Å²) in [6, 6.07) is -0.910. The van der Waals surface area contributed by atoms with E-state index in [0.29, 0.717) is 29.7 Å². The second-order valence-electron chi connectivity index (χ2n) is 19.8. The zero-order valence-electron chi connectivity index (χ0n) is 43.6. The number of likely N-dealkylation sites (tertiary alicyclic amines) is 1. The molecule has 0 bridgehead atoms. The zero-order chi connectivity index (χ0) is 60.3. The summed E-state index contributed by atoms with van der Waals surface area (Å²) in [4.78, 5) is 138. The molecule has 4 aliphatic heterocycles. The third kappa shape index (κ3) is 13.4. The predicted molar refractivity (Wildman–Crippen MR) is 295 cm³/mol. The smallest absolute Gasteiger partial charge is 0.352 e. The highest BCUT2D eigenvalue weighted by molar-refractivity contribution is 8.00. The molecule has 0 saturated carbocycles. The number of fused-ring (bicyclic) bond motifs is 1. The van der Waals surface area contributed by atoms with Crippen molar-refractivity contribution in [2.24, 2.45) is 10.3 Å². The maximum absolute atomic E-state index is 14.5. The summed E-state index contributed by atoms with van der Waals surface area (Å²) < 4.78 is 0.358. The van der Waals surface area contributed by atoms with Gasteiger partial charge in [-0.05, 0) is 45.4 Å². The minimum Gasteiger partial charge on any atom is -0.504 e. The Labute approximate surface area is 485 Å². The van der Waals surface area contributed by atoms with Gasteiger partial charge < -0.3 is 82.6 Å². The van der Waals surface area contributed by atoms with Crippen molar-refractivity contribution in [2.45, 2.75) is 81.0 Å². The molecule has 2 fully saturated rings. The molecule has 35 heteroatoms. The molecule has 6 heterocycles. The fraction of sp³-hybridized carbons (Fsp3) is 0.426. The number of thioether (sulfide) groups is 2. The summed E-state index contributed by atoms with van der Waals surface area (Å²) in [6.07, 6.45) is 1.21. The van der Waals surface area contributed by atoms with Crippen molar-refractivity contribution in [1.82, 2.24) is 36.1 Å². The van der Waals surface area contributed by atoms with Crippen LogP contribution in [-0.4, -0.2) is 198 Å². The molecule has 82 heavy (non-hydrogen) atoms. The molecule has 2 saturated heterocycles. The van der Waals surface area contributed by atoms with Crippen molar-refractivity contribution in [2.75, 3.05) is 55.7 Å². The Balaban J connectivity index is 1.10. The van der Waals surface area contributed by atoms with E-state index in [0.717, 1.165) is 97.7 Å². The fourth-order valence-electron chi connectivity index (χ4n) is 8.73. The second-order valence-corrected chi connectivity index (χ2v) is 24.4. The summed E-state index contributed by atoms with van der Waals surface area (Å²) in [5.74, 6) is -12.7. The van der Waals surface area contributed by atoms with Crippen LogP contribution in [0.2, 0.25) is 5.02 Å². The van der Waals surface area contributed by atoms with E-state index in [1.165, 1.54) is 11.4 Å². The van der Waals surface area contributed by atoms with Gasteiger partial charge in [0.2, 0.25) is 11.2 Å². The molecule has 0 aliphatic carbocycles. The second kappa shape index (κ2) is 24.7. The molecule has 15 N–H and O–H groups in total. The van der Waals surface area contributed by atoms with Crippen LogP contribution >= 0.6 is 57.8 Å². The number of hydrogen-bond acceptors (Lipinski definition) is 24. The lowest BCUT2D eigenvalue weighted by molar-refractivity contribution is -0.911. The number of rotatable bonds is 24. The van der Waals surface area contributed by atoms with Crippen LogP contribution in [0.15, 0.2) is 50.4 Å². The number of amides is 4. The number of carbonyl (C=O) groups is 9. The quantitative estimate of drug-likeness (QED) is 0.0192. The van der Waals surface area contributed by atoms with E-state index in [4.69, 9.17) is 32.7 Å². The number of nitrogens with one attached hydrogen (secondary N) is 4. The number of anilines is 2. The van der Waals surface area contributed by atoms with Crippen LogP contribution in [0.3, 0.4) is 0 Å². The van der Waals surface area contributed by atoms with Gasteiger partial charge in [-0.15, -0.1) is 46.2 Å². The standard InChI is InChI=1S/C47H53ClN12O18S4/c1-46(2,42(73)74)77-57-26(21-17-81-44(49)52-21)34(64)53-29(40(69)70)36-55-25(39(67)68)18(15-79-36)13-23-27(56-45(50)82-23)28(58-78-47(3,4)43(75)76)35(65)54-30-37(66)59-31(41(71)72)19(16-80-38(30)59)14-60(10-5-6-11-60)12-9-51-33(63)20-7-8-22(61)32(62)24(20)48/h7-8,17,29-30,36,38,55H,5-6,9-16H2,1-4H3,(H13-,49,50,51,52,53,54,56,57,58,61,62,63,64,65,67,68,69,70,71,72,73,74,75,76)/p+1/t29-,30+,36+,38+/m0/s1. The summed E-state index contributed by atoms with van der Waals surface area (Å²) >= 11 is 9.73. The van der Waals surface area contributed by atoms with Crippen molar-refractivity contribution in [1.29, 1.82) is 0 Å². The van der Waals surface area contributed by atoms with Gasteiger partial charge in [-0.3, -0.25) is 24.1 Å². The van der Waals surface area contributed by atoms with Crippen LogP contribution in [0, 0.1) is 0 Å². The largest absolute Gasteiger partial charge is 0.504 e. The number of aliphatic carboxylic acids is 5. The number of thiazole rings is 2. The number of quaternary nitrogens is 1. The molecule has 0 radical (unpaired) electrons. The summed E-state index contributed by atoms with van der Waals surface area (Å²) in [7, 11) is 0. The Morgan fingerprint density at radius 2 is 1.51 bits per heavy atom. The van der Waals surface area contributed by atoms with Crippen molar-refractivity contribution in [3.63, 3.8) is 0 Å². The lowest BCUT2D eigenvalue weighted by Crippen LogP contribution is -2.71. The van der Waals surface area contributed by atoms with E-state index in [-0.39, 0.29) is 79.4 Å². The first-order chi connectivity index (χ1) is 38.4. The Hall–Kier alpha value is -7.92. The first kappa shape index (κ1) is 61.7. The summed E-state index contributed by atoms with van der Waals surface area (Å²) in [5.41, 5.74) is 5.55. The summed E-state index contributed by atoms with van der Waals surface area (Å²) in [5, 5.41) is 86.6. The molecule has 4 atom stereocenters. The number of phenols is 2. The third-order valence-corrected chi connectivity index (χ3v) is 17.7. The van der Waals surface area contributed by atoms with Gasteiger partial charge in [-0.1, -0.05) is 21.9 Å². The Morgan fingerprint density at radius 1 is 0.878 bits per heavy atom. The number of nitrogens with zero attached hydrogens (tertiary/aromatic N) is 6. The number of nitrogen functional groups attached to an aromatic ring is 2. The van der Waals surface area contributed by atoms with Gasteiger partial charge in [0.1, 0.15) is 46.1 Å². The van der Waals surface area contributed by atoms with Gasteiger partial charge in [-0.2, -0.15) is 0 Å². The van der Waals surface area contributed by atoms with Crippen LogP contribution in [-0.2, 0) is 54.5 Å². The molecule has 2 aromatic heterocycles. The average molecular weight is 1240 g/mol. The van der Waals surface area contributed by atoms with E-state index < -0.39 is 116 Å². The van der Waals surface area contributed by atoms with Crippen molar-refractivity contribution >= 4 is 133 Å². The lowest BCUT2D eigenvalue weighted by Gasteiger charge is -2.50. The molecule has 440 valence electrons. The number of halogens is 1. The average Bonchev–Trinajstić information content (AvgIpc) is 1.94. The molecule has 0 unspecified atom stereocenters. The van der Waals surface area contributed by atoms with Crippen molar-refractivity contribution in [3.05, 3.63) is 66.9 Å². The fourth-order valence-corrected chi connectivity index (χ4v) is 12.9. The molecule has 4 amide bonds. The zero-order valence-corrected chi connectivity index (χ0v) is 47.6. The highest BCUT2D eigenvalue weighted by Crippen LogP contribution is 2.42. The van der Waals surface area contributed by atoms with Gasteiger partial charge >= 0.3 is 29.8 Å². The van der Waals surface area contributed by atoms with Gasteiger partial charge in [0.05, 0.1) is 36.8 Å². The number of aromatic nitrogens is 2. The third-order valence-electron chi connectivity index (χ3n) is 13.2. The van der Waals surface area contributed by atoms with Gasteiger partial charge in [-0.25, -0.2) is 33.9 Å². The van der Waals surface area contributed by atoms with E-state index in [9.17, 15) is 78.9 Å². The van der Waals surface area contributed by atoms with E-state index >= 15 is 0 Å². The highest BCUT2D eigenvalue weighted by Gasteiger charge is 2.55. The molecular formula is C47H54ClN12O18S4+. The Morgan fingerprint density at radius 3 is 2.10 bits per heavy atom. The monoisotopic (exact) mass is 1240 g/mol. The SMILES string of the molecule is CC(C)(O/N=C(\C(=O)N[C@H](C(=O)O)[C@@H]1NC(C(=O)O)=C(Cc2sc(N)nc2/C(=N/OC(C)(C)C(=O)O)C(=O)N[C@@H]2C(=O)N3C(C(=O)O)=C(C[N+]4(CCNC(=O)c5ccc(O)c(O)c5Cl)CCCC4)CS[C@H]23)CS1)c1csc(N)n1)C(=O)O. The van der Waals surface area contributed by atoms with Gasteiger partial charge in [0, 0.05) is 46.6 Å². The number of nitrogens with two attached hydrogens (primary N) is 2. The number of β-lactam (4-membered cyclic amide) rings is 1. The van der Waals surface area contributed by atoms with Crippen LogP contribution in [0.1, 0.15) is 67.2 Å². The lowest BCUT2D eigenvalue weighted by atomic mass is 10.0. The highest BCUT2D eigenvalue weighted by atomic mass is 35.5. The Kier molecular flexibility index (Phi) is 18.6. The molecule has 1 aromatic carbocycles. The maximum atomic E-state index is 14.5. The summed E-state index contributed by atoms with van der Waals surface area (Å²) in [6.45, 7) is 6.40. The number of phenolic OH excluding ortho intramolecular Hbond substituents is 2. The van der Waals surface area contributed by atoms with Crippen LogP contribution < -0.4 is 32.7 Å². The Bertz CT molecular complexity index is 3280. The number of hydrogen-bond donors (Lipinski definition) is 13.